The van der Waals surface area contributed by atoms with Gasteiger partial charge in [0.1, 0.15) is 5.75 Å². The summed E-state index contributed by atoms with van der Waals surface area (Å²) < 4.78 is 18.7. The van der Waals surface area contributed by atoms with Crippen LogP contribution in [0, 0.1) is 0 Å². The van der Waals surface area contributed by atoms with Crippen LogP contribution in [-0.4, -0.2) is 47.1 Å². The van der Waals surface area contributed by atoms with Crippen LogP contribution in [0.2, 0.25) is 0 Å². The zero-order valence-corrected chi connectivity index (χ0v) is 18.7. The molecule has 2 aromatic rings. The number of nitrogens with zero attached hydrogens (tertiary/aromatic N) is 3. The predicted octanol–water partition coefficient (Wildman–Crippen LogP) is 4.06. The van der Waals surface area contributed by atoms with Gasteiger partial charge in [-0.15, -0.1) is 0 Å². The summed E-state index contributed by atoms with van der Waals surface area (Å²) in [6.07, 6.45) is 2.22. The third kappa shape index (κ3) is 2.99. The lowest BCUT2D eigenvalue weighted by molar-refractivity contribution is -0.158. The van der Waals surface area contributed by atoms with Crippen LogP contribution in [0.1, 0.15) is 43.4 Å². The number of rotatable bonds is 1. The van der Waals surface area contributed by atoms with Gasteiger partial charge in [0.15, 0.2) is 11.5 Å². The second kappa shape index (κ2) is 6.88. The molecule has 0 aliphatic carbocycles. The Kier molecular flexibility index (Phi) is 4.21. The average molecular weight is 484 g/mol. The molecule has 31 heavy (non-hydrogen) atoms. The van der Waals surface area contributed by atoms with Gasteiger partial charge in [-0.3, -0.25) is 4.79 Å². The highest BCUT2D eigenvalue weighted by molar-refractivity contribution is 9.10. The minimum atomic E-state index is -0.546. The van der Waals surface area contributed by atoms with Crippen molar-refractivity contribution in [2.24, 2.45) is 5.10 Å². The van der Waals surface area contributed by atoms with Crippen LogP contribution in [0.4, 0.5) is 0 Å². The first kappa shape index (κ1) is 19.0. The van der Waals surface area contributed by atoms with Crippen LogP contribution in [0.25, 0.3) is 0 Å². The number of halogens is 1. The molecule has 4 heterocycles. The highest BCUT2D eigenvalue weighted by Gasteiger charge is 2.52. The Morgan fingerprint density at radius 1 is 1.10 bits per heavy atom. The molecule has 1 amide bonds. The molecule has 2 aromatic carbocycles. The fourth-order valence-electron chi connectivity index (χ4n) is 5.00. The zero-order chi connectivity index (χ0) is 21.2. The van der Waals surface area contributed by atoms with Gasteiger partial charge in [0.2, 0.25) is 18.4 Å². The third-order valence-corrected chi connectivity index (χ3v) is 7.15. The van der Waals surface area contributed by atoms with E-state index in [1.165, 1.54) is 0 Å². The van der Waals surface area contributed by atoms with Crippen LogP contribution in [-0.2, 0) is 4.79 Å². The quantitative estimate of drug-likeness (QED) is 0.611. The van der Waals surface area contributed by atoms with Gasteiger partial charge in [-0.2, -0.15) is 5.10 Å². The zero-order valence-electron chi connectivity index (χ0n) is 17.1. The number of hydrogen-bond acceptors (Lipinski definition) is 6. The number of ether oxygens (including phenoxy) is 3. The van der Waals surface area contributed by atoms with Gasteiger partial charge < -0.3 is 19.1 Å². The van der Waals surface area contributed by atoms with Gasteiger partial charge in [0.05, 0.1) is 11.8 Å². The van der Waals surface area contributed by atoms with E-state index in [4.69, 9.17) is 19.3 Å². The molecule has 0 bridgehead atoms. The first-order valence-electron chi connectivity index (χ1n) is 10.5. The molecule has 4 aliphatic heterocycles. The van der Waals surface area contributed by atoms with Crippen LogP contribution in [0.5, 0.6) is 17.2 Å². The number of carbonyl (C=O) groups excluding carboxylic acids is 1. The van der Waals surface area contributed by atoms with Gasteiger partial charge in [-0.25, -0.2) is 5.01 Å². The van der Waals surface area contributed by atoms with Crippen LogP contribution < -0.4 is 14.2 Å². The second-order valence-electron chi connectivity index (χ2n) is 8.42. The third-order valence-electron chi connectivity index (χ3n) is 6.65. The number of fused-ring (bicyclic) bond motifs is 5. The predicted molar refractivity (Wildman–Crippen MR) is 117 cm³/mol. The Morgan fingerprint density at radius 3 is 2.68 bits per heavy atom. The monoisotopic (exact) mass is 483 g/mol. The lowest BCUT2D eigenvalue weighted by Gasteiger charge is -2.51. The molecule has 160 valence electrons. The van der Waals surface area contributed by atoms with Gasteiger partial charge in [0, 0.05) is 54.9 Å². The number of carbonyl (C=O) groups is 1. The van der Waals surface area contributed by atoms with E-state index in [0.717, 1.165) is 57.8 Å². The summed E-state index contributed by atoms with van der Waals surface area (Å²) in [5, 5.41) is 7.24. The fourth-order valence-corrected chi connectivity index (χ4v) is 5.38. The van der Waals surface area contributed by atoms with E-state index in [0.29, 0.717) is 13.1 Å². The van der Waals surface area contributed by atoms with E-state index < -0.39 is 5.72 Å². The number of amides is 1. The number of benzene rings is 2. The molecular formula is C23H22BrN3O4. The van der Waals surface area contributed by atoms with Crippen LogP contribution in [0.15, 0.2) is 46.0 Å². The van der Waals surface area contributed by atoms with Gasteiger partial charge >= 0.3 is 0 Å². The van der Waals surface area contributed by atoms with E-state index in [1.807, 2.05) is 35.2 Å². The van der Waals surface area contributed by atoms with E-state index in [2.05, 4.69) is 27.0 Å². The molecule has 1 fully saturated rings. The van der Waals surface area contributed by atoms with Crippen molar-refractivity contribution in [2.45, 2.75) is 38.0 Å². The standard InChI is InChI=1S/C23H22BrN3O4/c1-14(28)26-8-6-23(7-9-26)27-19(17-11-16(24)3-5-20(17)31-23)12-18(25-27)15-2-4-21-22(10-15)30-13-29-21/h2-5,10-11,19H,6-9,12-13H2,1H3/t19-/m0/s1. The van der Waals surface area contributed by atoms with Crippen molar-refractivity contribution in [2.75, 3.05) is 19.9 Å². The molecule has 6 rings (SSSR count). The molecule has 0 radical (unpaired) electrons. The molecule has 4 aliphatic rings. The number of hydrazone groups is 1. The van der Waals surface area contributed by atoms with E-state index in [-0.39, 0.29) is 18.7 Å². The fraction of sp³-hybridized carbons (Fsp3) is 0.391. The molecule has 0 N–H and O–H groups in total. The molecule has 8 heteroatoms. The highest BCUT2D eigenvalue weighted by atomic mass is 79.9. The topological polar surface area (TPSA) is 63.6 Å². The molecule has 7 nitrogen and oxygen atoms in total. The average Bonchev–Trinajstić information content (AvgIpc) is 3.42. The van der Waals surface area contributed by atoms with Gasteiger partial charge in [0.25, 0.3) is 0 Å². The molecule has 0 saturated carbocycles. The maximum absolute atomic E-state index is 11.9. The molecule has 1 spiro atoms. The first-order chi connectivity index (χ1) is 15.0. The summed E-state index contributed by atoms with van der Waals surface area (Å²) in [5.41, 5.74) is 2.63. The summed E-state index contributed by atoms with van der Waals surface area (Å²) in [6, 6.07) is 12.3. The lowest BCUT2D eigenvalue weighted by Crippen LogP contribution is -2.59. The van der Waals surface area contributed by atoms with E-state index in [1.54, 1.807) is 6.92 Å². The summed E-state index contributed by atoms with van der Waals surface area (Å²) >= 11 is 3.61. The van der Waals surface area contributed by atoms with E-state index in [9.17, 15) is 4.79 Å². The van der Waals surface area contributed by atoms with Crippen molar-refractivity contribution in [3.8, 4) is 17.2 Å². The minimum Gasteiger partial charge on any atom is -0.466 e. The lowest BCUT2D eigenvalue weighted by atomic mass is 9.90. The Labute approximate surface area is 188 Å². The Balaban J connectivity index is 1.40. The van der Waals surface area contributed by atoms with Gasteiger partial charge in [-0.1, -0.05) is 15.9 Å². The molecule has 1 atom stereocenters. The summed E-state index contributed by atoms with van der Waals surface area (Å²) in [5.74, 6) is 2.54. The molecular weight excluding hydrogens is 462 g/mol. The Hall–Kier alpha value is -2.74. The first-order valence-corrected chi connectivity index (χ1v) is 11.3. The summed E-state index contributed by atoms with van der Waals surface area (Å²) in [4.78, 5) is 13.8. The maximum Gasteiger partial charge on any atom is 0.231 e. The van der Waals surface area contributed by atoms with Gasteiger partial charge in [-0.05, 0) is 36.4 Å². The number of hydrogen-bond donors (Lipinski definition) is 0. The van der Waals surface area contributed by atoms with Crippen molar-refractivity contribution < 1.29 is 19.0 Å². The highest BCUT2D eigenvalue weighted by Crippen LogP contribution is 2.50. The molecule has 0 unspecified atom stereocenters. The van der Waals surface area contributed by atoms with Crippen molar-refractivity contribution in [1.29, 1.82) is 0 Å². The maximum atomic E-state index is 11.9. The van der Waals surface area contributed by atoms with Crippen molar-refractivity contribution in [3.63, 3.8) is 0 Å². The normalized spacial score (nSPS) is 22.6. The Morgan fingerprint density at radius 2 is 1.87 bits per heavy atom. The van der Waals surface area contributed by atoms with Crippen LogP contribution >= 0.6 is 15.9 Å². The van der Waals surface area contributed by atoms with Crippen molar-refractivity contribution >= 4 is 27.5 Å². The number of likely N-dealkylation sites (tertiary alicyclic amines) is 1. The second-order valence-corrected chi connectivity index (χ2v) is 9.33. The Bertz CT molecular complexity index is 1110. The summed E-state index contributed by atoms with van der Waals surface area (Å²) in [6.45, 7) is 3.21. The minimum absolute atomic E-state index is 0.0885. The molecule has 1 saturated heterocycles. The van der Waals surface area contributed by atoms with Crippen molar-refractivity contribution in [1.82, 2.24) is 9.91 Å². The van der Waals surface area contributed by atoms with Crippen LogP contribution in [0.3, 0.4) is 0 Å². The largest absolute Gasteiger partial charge is 0.466 e. The number of piperidine rings is 1. The smallest absolute Gasteiger partial charge is 0.231 e. The molecule has 0 aromatic heterocycles. The SMILES string of the molecule is CC(=O)N1CCC2(CC1)Oc1ccc(Br)cc1[C@@H]1CC(c3ccc4c(c3)OCO4)=NN12. The summed E-state index contributed by atoms with van der Waals surface area (Å²) in [7, 11) is 0. The van der Waals surface area contributed by atoms with E-state index >= 15 is 0 Å². The van der Waals surface area contributed by atoms with Crippen molar-refractivity contribution in [3.05, 3.63) is 52.0 Å².